The SMILES string of the molecule is OC1CNCCN(c2ccc(F)cc2)C1. The van der Waals surface area contributed by atoms with Gasteiger partial charge in [-0.1, -0.05) is 0 Å². The summed E-state index contributed by atoms with van der Waals surface area (Å²) < 4.78 is 12.7. The first kappa shape index (κ1) is 10.4. The van der Waals surface area contributed by atoms with E-state index in [1.54, 1.807) is 12.1 Å². The second-order valence-electron chi connectivity index (χ2n) is 3.78. The Balaban J connectivity index is 2.11. The minimum Gasteiger partial charge on any atom is -0.390 e. The maximum absolute atomic E-state index is 12.7. The molecule has 0 aliphatic carbocycles. The molecule has 4 heteroatoms. The molecule has 2 N–H and O–H groups in total. The van der Waals surface area contributed by atoms with E-state index in [0.717, 1.165) is 18.8 Å². The summed E-state index contributed by atoms with van der Waals surface area (Å²) in [6.45, 7) is 2.90. The van der Waals surface area contributed by atoms with E-state index in [2.05, 4.69) is 10.2 Å². The third-order valence-corrected chi connectivity index (χ3v) is 2.56. The van der Waals surface area contributed by atoms with Gasteiger partial charge in [0, 0.05) is 31.9 Å². The number of nitrogens with zero attached hydrogens (tertiary/aromatic N) is 1. The highest BCUT2D eigenvalue weighted by molar-refractivity contribution is 5.46. The Labute approximate surface area is 88.5 Å². The molecule has 1 heterocycles. The lowest BCUT2D eigenvalue weighted by atomic mass is 10.2. The molecule has 0 amide bonds. The van der Waals surface area contributed by atoms with Crippen molar-refractivity contribution in [3.05, 3.63) is 30.1 Å². The Hall–Kier alpha value is -1.13. The zero-order valence-corrected chi connectivity index (χ0v) is 8.49. The van der Waals surface area contributed by atoms with Crippen molar-refractivity contribution >= 4 is 5.69 Å². The molecule has 0 radical (unpaired) electrons. The third kappa shape index (κ3) is 2.67. The number of benzene rings is 1. The average molecular weight is 210 g/mol. The molecule has 1 unspecified atom stereocenters. The van der Waals surface area contributed by atoms with Crippen molar-refractivity contribution < 1.29 is 9.50 Å². The molecule has 0 spiro atoms. The van der Waals surface area contributed by atoms with Gasteiger partial charge in [0.1, 0.15) is 5.82 Å². The molecule has 1 aliphatic heterocycles. The number of halogens is 1. The van der Waals surface area contributed by atoms with Gasteiger partial charge >= 0.3 is 0 Å². The highest BCUT2D eigenvalue weighted by Gasteiger charge is 2.15. The predicted molar refractivity (Wildman–Crippen MR) is 57.5 cm³/mol. The van der Waals surface area contributed by atoms with Crippen LogP contribution in [0.15, 0.2) is 24.3 Å². The number of hydrogen-bond donors (Lipinski definition) is 2. The van der Waals surface area contributed by atoms with Crippen molar-refractivity contribution in [3.8, 4) is 0 Å². The summed E-state index contributed by atoms with van der Waals surface area (Å²) in [4.78, 5) is 2.06. The van der Waals surface area contributed by atoms with Gasteiger partial charge in [0.15, 0.2) is 0 Å². The number of β-amino-alcohol motifs (C(OH)–C–C–N with tert-alkyl or cyclic N) is 1. The highest BCUT2D eigenvalue weighted by atomic mass is 19.1. The van der Waals surface area contributed by atoms with Crippen LogP contribution in [0.25, 0.3) is 0 Å². The predicted octanol–water partition coefficient (Wildman–Crippen LogP) is 0.596. The molecular weight excluding hydrogens is 195 g/mol. The van der Waals surface area contributed by atoms with Gasteiger partial charge in [-0.05, 0) is 24.3 Å². The standard InChI is InChI=1S/C11H15FN2O/c12-9-1-3-10(4-2-9)14-6-5-13-7-11(15)8-14/h1-4,11,13,15H,5-8H2. The molecule has 3 nitrogen and oxygen atoms in total. The Kier molecular flexibility index (Phi) is 3.18. The van der Waals surface area contributed by atoms with Gasteiger partial charge in [-0.15, -0.1) is 0 Å². The molecule has 0 bridgehead atoms. The van der Waals surface area contributed by atoms with Crippen LogP contribution < -0.4 is 10.2 Å². The molecular formula is C11H15FN2O. The maximum atomic E-state index is 12.7. The summed E-state index contributed by atoms with van der Waals surface area (Å²) in [5.74, 6) is -0.229. The largest absolute Gasteiger partial charge is 0.390 e. The number of rotatable bonds is 1. The first-order chi connectivity index (χ1) is 7.25. The van der Waals surface area contributed by atoms with Crippen LogP contribution in [0.3, 0.4) is 0 Å². The van der Waals surface area contributed by atoms with Crippen LogP contribution in [0, 0.1) is 5.82 Å². The molecule has 1 fully saturated rings. The molecule has 1 aliphatic rings. The van der Waals surface area contributed by atoms with Crippen LogP contribution in [0.4, 0.5) is 10.1 Å². The van der Waals surface area contributed by atoms with Gasteiger partial charge in [-0.25, -0.2) is 4.39 Å². The van der Waals surface area contributed by atoms with Crippen LogP contribution >= 0.6 is 0 Å². The Morgan fingerprint density at radius 3 is 2.80 bits per heavy atom. The summed E-state index contributed by atoms with van der Waals surface area (Å²) in [6.07, 6.45) is -0.363. The molecule has 0 aromatic heterocycles. The average Bonchev–Trinajstić information content (AvgIpc) is 2.44. The van der Waals surface area contributed by atoms with E-state index in [4.69, 9.17) is 0 Å². The molecule has 1 atom stereocenters. The topological polar surface area (TPSA) is 35.5 Å². The van der Waals surface area contributed by atoms with E-state index in [1.165, 1.54) is 12.1 Å². The summed E-state index contributed by atoms with van der Waals surface area (Å²) in [7, 11) is 0. The van der Waals surface area contributed by atoms with Crippen molar-refractivity contribution in [2.24, 2.45) is 0 Å². The van der Waals surface area contributed by atoms with E-state index in [0.29, 0.717) is 13.1 Å². The highest BCUT2D eigenvalue weighted by Crippen LogP contribution is 2.15. The molecule has 1 saturated heterocycles. The summed E-state index contributed by atoms with van der Waals surface area (Å²) in [6, 6.07) is 6.38. The fraction of sp³-hybridized carbons (Fsp3) is 0.455. The first-order valence-corrected chi connectivity index (χ1v) is 5.15. The van der Waals surface area contributed by atoms with E-state index < -0.39 is 0 Å². The van der Waals surface area contributed by atoms with Crippen LogP contribution in [0.2, 0.25) is 0 Å². The van der Waals surface area contributed by atoms with Gasteiger partial charge in [-0.2, -0.15) is 0 Å². The summed E-state index contributed by atoms with van der Waals surface area (Å²) in [5.41, 5.74) is 0.958. The third-order valence-electron chi connectivity index (χ3n) is 2.56. The monoisotopic (exact) mass is 210 g/mol. The number of aliphatic hydroxyl groups excluding tert-OH is 1. The van der Waals surface area contributed by atoms with Gasteiger partial charge in [0.05, 0.1) is 6.10 Å². The van der Waals surface area contributed by atoms with Crippen molar-refractivity contribution in [1.29, 1.82) is 0 Å². The van der Waals surface area contributed by atoms with Crippen molar-refractivity contribution in [2.75, 3.05) is 31.1 Å². The lowest BCUT2D eigenvalue weighted by Crippen LogP contribution is -2.32. The van der Waals surface area contributed by atoms with Crippen LogP contribution in [-0.4, -0.2) is 37.4 Å². The quantitative estimate of drug-likeness (QED) is 0.712. The zero-order valence-electron chi connectivity index (χ0n) is 8.49. The van der Waals surface area contributed by atoms with Gasteiger partial charge in [0.25, 0.3) is 0 Å². The Morgan fingerprint density at radius 2 is 2.07 bits per heavy atom. The number of aliphatic hydroxyl groups is 1. The van der Waals surface area contributed by atoms with Gasteiger partial charge in [-0.3, -0.25) is 0 Å². The molecule has 2 rings (SSSR count). The lowest BCUT2D eigenvalue weighted by Gasteiger charge is -2.23. The molecule has 1 aromatic carbocycles. The second kappa shape index (κ2) is 4.59. The summed E-state index contributed by atoms with van der Waals surface area (Å²) >= 11 is 0. The van der Waals surface area contributed by atoms with E-state index in [-0.39, 0.29) is 11.9 Å². The van der Waals surface area contributed by atoms with Gasteiger partial charge < -0.3 is 15.3 Å². The number of anilines is 1. The summed E-state index contributed by atoms with van der Waals surface area (Å²) in [5, 5.41) is 12.7. The zero-order chi connectivity index (χ0) is 10.7. The van der Waals surface area contributed by atoms with Crippen molar-refractivity contribution in [1.82, 2.24) is 5.32 Å². The van der Waals surface area contributed by atoms with Crippen molar-refractivity contribution in [3.63, 3.8) is 0 Å². The minimum atomic E-state index is -0.363. The fourth-order valence-electron chi connectivity index (χ4n) is 1.78. The van der Waals surface area contributed by atoms with Crippen LogP contribution in [0.5, 0.6) is 0 Å². The van der Waals surface area contributed by atoms with E-state index in [9.17, 15) is 9.50 Å². The lowest BCUT2D eigenvalue weighted by molar-refractivity contribution is 0.185. The molecule has 1 aromatic rings. The molecule has 15 heavy (non-hydrogen) atoms. The second-order valence-corrected chi connectivity index (χ2v) is 3.78. The maximum Gasteiger partial charge on any atom is 0.123 e. The minimum absolute atomic E-state index is 0.229. The number of nitrogens with one attached hydrogen (secondary N) is 1. The van der Waals surface area contributed by atoms with Crippen LogP contribution in [-0.2, 0) is 0 Å². The molecule has 82 valence electrons. The van der Waals surface area contributed by atoms with Gasteiger partial charge in [0.2, 0.25) is 0 Å². The van der Waals surface area contributed by atoms with Crippen LogP contribution in [0.1, 0.15) is 0 Å². The first-order valence-electron chi connectivity index (χ1n) is 5.15. The van der Waals surface area contributed by atoms with Crippen molar-refractivity contribution in [2.45, 2.75) is 6.10 Å². The van der Waals surface area contributed by atoms with E-state index in [1.807, 2.05) is 0 Å². The Bertz CT molecular complexity index is 315. The fourth-order valence-corrected chi connectivity index (χ4v) is 1.78. The smallest absolute Gasteiger partial charge is 0.123 e. The molecule has 0 saturated carbocycles. The Morgan fingerprint density at radius 1 is 1.33 bits per heavy atom. The number of hydrogen-bond acceptors (Lipinski definition) is 3. The van der Waals surface area contributed by atoms with E-state index >= 15 is 0 Å². The normalized spacial score (nSPS) is 22.5.